The van der Waals surface area contributed by atoms with E-state index in [1.807, 2.05) is 55.9 Å². The molecule has 0 aliphatic carbocycles. The van der Waals surface area contributed by atoms with E-state index >= 15 is 0 Å². The van der Waals surface area contributed by atoms with E-state index in [0.717, 1.165) is 22.5 Å². The number of aromatic nitrogens is 2. The number of hydrogen-bond donors (Lipinski definition) is 2. The monoisotopic (exact) mass is 287 g/mol. The highest BCUT2D eigenvalue weighted by Crippen LogP contribution is 2.16. The molecule has 0 saturated heterocycles. The Morgan fingerprint density at radius 3 is 2.52 bits per heavy atom. The zero-order valence-electron chi connectivity index (χ0n) is 12.6. The molecule has 21 heavy (non-hydrogen) atoms. The summed E-state index contributed by atoms with van der Waals surface area (Å²) in [6, 6.07) is 9.31. The van der Waals surface area contributed by atoms with Crippen molar-refractivity contribution in [1.82, 2.24) is 15.1 Å². The van der Waals surface area contributed by atoms with E-state index in [1.165, 1.54) is 0 Å². The fourth-order valence-electron chi connectivity index (χ4n) is 2.45. The van der Waals surface area contributed by atoms with Crippen molar-refractivity contribution in [3.05, 3.63) is 52.8 Å². The van der Waals surface area contributed by atoms with Gasteiger partial charge in [0.15, 0.2) is 0 Å². The van der Waals surface area contributed by atoms with Crippen molar-refractivity contribution in [3.8, 4) is 0 Å². The normalized spacial score (nSPS) is 12.3. The predicted octanol–water partition coefficient (Wildman–Crippen LogP) is 1.99. The van der Waals surface area contributed by atoms with Crippen molar-refractivity contribution in [2.45, 2.75) is 26.3 Å². The molecular formula is C16H21N3O2. The minimum atomic E-state index is -0.812. The summed E-state index contributed by atoms with van der Waals surface area (Å²) in [7, 11) is 1.91. The third-order valence-electron chi connectivity index (χ3n) is 3.81. The van der Waals surface area contributed by atoms with Crippen molar-refractivity contribution < 1.29 is 9.90 Å². The Morgan fingerprint density at radius 1 is 1.33 bits per heavy atom. The minimum absolute atomic E-state index is 0.396. The third-order valence-corrected chi connectivity index (χ3v) is 3.81. The molecule has 5 nitrogen and oxygen atoms in total. The Balaban J connectivity index is 2.02. The molecule has 2 rings (SSSR count). The first kappa shape index (κ1) is 15.3. The fourth-order valence-corrected chi connectivity index (χ4v) is 2.45. The molecule has 112 valence electrons. The molecule has 0 aliphatic heterocycles. The van der Waals surface area contributed by atoms with E-state index in [4.69, 9.17) is 0 Å². The van der Waals surface area contributed by atoms with Crippen LogP contribution in [-0.2, 0) is 18.4 Å². The van der Waals surface area contributed by atoms with E-state index in [0.29, 0.717) is 13.1 Å². The van der Waals surface area contributed by atoms with Crippen molar-refractivity contribution >= 4 is 5.97 Å². The van der Waals surface area contributed by atoms with Crippen LogP contribution < -0.4 is 5.32 Å². The summed E-state index contributed by atoms with van der Waals surface area (Å²) in [5.74, 6) is -1.35. The van der Waals surface area contributed by atoms with Crippen LogP contribution in [0.2, 0.25) is 0 Å². The number of nitrogens with zero attached hydrogens (tertiary/aromatic N) is 2. The van der Waals surface area contributed by atoms with Gasteiger partial charge in [0.2, 0.25) is 0 Å². The van der Waals surface area contributed by atoms with Gasteiger partial charge in [-0.05, 0) is 19.4 Å². The number of carboxylic acids is 1. The van der Waals surface area contributed by atoms with Gasteiger partial charge in [-0.15, -0.1) is 0 Å². The van der Waals surface area contributed by atoms with Gasteiger partial charge in [-0.3, -0.25) is 9.48 Å². The van der Waals surface area contributed by atoms with Gasteiger partial charge < -0.3 is 10.4 Å². The second-order valence-corrected chi connectivity index (χ2v) is 5.21. The molecule has 1 aromatic heterocycles. The van der Waals surface area contributed by atoms with Crippen molar-refractivity contribution in [1.29, 1.82) is 0 Å². The molecule has 2 N–H and O–H groups in total. The molecule has 1 heterocycles. The molecule has 0 aliphatic rings. The lowest BCUT2D eigenvalue weighted by molar-refractivity contribution is -0.138. The predicted molar refractivity (Wildman–Crippen MR) is 81.2 cm³/mol. The van der Waals surface area contributed by atoms with Gasteiger partial charge in [0, 0.05) is 31.4 Å². The summed E-state index contributed by atoms with van der Waals surface area (Å²) < 4.78 is 1.85. The first-order valence-electron chi connectivity index (χ1n) is 6.98. The number of hydrogen-bond acceptors (Lipinski definition) is 3. The lowest BCUT2D eigenvalue weighted by Gasteiger charge is -2.14. The Hall–Kier alpha value is -2.14. The zero-order valence-corrected chi connectivity index (χ0v) is 12.6. The lowest BCUT2D eigenvalue weighted by Crippen LogP contribution is -2.26. The van der Waals surface area contributed by atoms with E-state index in [1.54, 1.807) is 0 Å². The van der Waals surface area contributed by atoms with Gasteiger partial charge >= 0.3 is 5.97 Å². The SMILES string of the molecule is Cc1nn(C)c(C)c1CNCC(C(=O)O)c1ccccc1. The Labute approximate surface area is 124 Å². The molecule has 2 aromatic rings. The van der Waals surface area contributed by atoms with E-state index < -0.39 is 11.9 Å². The van der Waals surface area contributed by atoms with Crippen molar-refractivity contribution in [2.24, 2.45) is 7.05 Å². The summed E-state index contributed by atoms with van der Waals surface area (Å²) in [5.41, 5.74) is 4.03. The molecule has 5 heteroatoms. The van der Waals surface area contributed by atoms with Crippen LogP contribution in [0, 0.1) is 13.8 Å². The van der Waals surface area contributed by atoms with Gasteiger partial charge in [0.05, 0.1) is 11.6 Å². The van der Waals surface area contributed by atoms with Gasteiger partial charge in [-0.2, -0.15) is 5.10 Å². The van der Waals surface area contributed by atoms with Gasteiger partial charge in [0.1, 0.15) is 0 Å². The fraction of sp³-hybridized carbons (Fsp3) is 0.375. The Morgan fingerprint density at radius 2 is 2.00 bits per heavy atom. The lowest BCUT2D eigenvalue weighted by atomic mass is 9.99. The molecule has 0 bridgehead atoms. The smallest absolute Gasteiger partial charge is 0.312 e. The highest BCUT2D eigenvalue weighted by molar-refractivity contribution is 5.76. The summed E-state index contributed by atoms with van der Waals surface area (Å²) in [4.78, 5) is 11.4. The zero-order chi connectivity index (χ0) is 15.4. The Kier molecular flexibility index (Phi) is 4.75. The van der Waals surface area contributed by atoms with Crippen LogP contribution in [-0.4, -0.2) is 27.4 Å². The van der Waals surface area contributed by atoms with E-state index in [9.17, 15) is 9.90 Å². The van der Waals surface area contributed by atoms with Gasteiger partial charge in [-0.1, -0.05) is 30.3 Å². The van der Waals surface area contributed by atoms with E-state index in [2.05, 4.69) is 10.4 Å². The first-order chi connectivity index (χ1) is 10.0. The number of carboxylic acid groups (broad SMARTS) is 1. The number of benzene rings is 1. The number of aryl methyl sites for hydroxylation is 2. The highest BCUT2D eigenvalue weighted by Gasteiger charge is 2.19. The van der Waals surface area contributed by atoms with Crippen molar-refractivity contribution in [2.75, 3.05) is 6.54 Å². The second kappa shape index (κ2) is 6.54. The number of rotatable bonds is 6. The molecule has 1 unspecified atom stereocenters. The van der Waals surface area contributed by atoms with Gasteiger partial charge in [0.25, 0.3) is 0 Å². The maximum Gasteiger partial charge on any atom is 0.312 e. The van der Waals surface area contributed by atoms with Crippen LogP contribution >= 0.6 is 0 Å². The molecule has 0 fully saturated rings. The molecule has 0 radical (unpaired) electrons. The van der Waals surface area contributed by atoms with Crippen LogP contribution in [0.3, 0.4) is 0 Å². The minimum Gasteiger partial charge on any atom is -0.481 e. The molecule has 1 aromatic carbocycles. The summed E-state index contributed by atoms with van der Waals surface area (Å²) in [5, 5.41) is 17.0. The molecule has 0 spiro atoms. The quantitative estimate of drug-likeness (QED) is 0.852. The molecule has 1 atom stereocenters. The number of carbonyl (C=O) groups is 1. The maximum atomic E-state index is 11.4. The number of aliphatic carboxylic acids is 1. The third kappa shape index (κ3) is 3.49. The average Bonchev–Trinajstić information content (AvgIpc) is 2.70. The Bertz CT molecular complexity index is 620. The molecular weight excluding hydrogens is 266 g/mol. The van der Waals surface area contributed by atoms with Gasteiger partial charge in [-0.25, -0.2) is 0 Å². The summed E-state index contributed by atoms with van der Waals surface area (Å²) in [6.07, 6.45) is 0. The summed E-state index contributed by atoms with van der Waals surface area (Å²) >= 11 is 0. The van der Waals surface area contributed by atoms with E-state index in [-0.39, 0.29) is 0 Å². The van der Waals surface area contributed by atoms with Crippen LogP contribution in [0.25, 0.3) is 0 Å². The van der Waals surface area contributed by atoms with Crippen LogP contribution in [0.4, 0.5) is 0 Å². The topological polar surface area (TPSA) is 67.2 Å². The number of nitrogens with one attached hydrogen (secondary N) is 1. The average molecular weight is 287 g/mol. The molecule has 0 amide bonds. The van der Waals surface area contributed by atoms with Crippen LogP contribution in [0.1, 0.15) is 28.4 Å². The standard InChI is InChI=1S/C16H21N3O2/c1-11-14(12(2)19(3)18-11)9-17-10-15(16(20)21)13-7-5-4-6-8-13/h4-8,15,17H,9-10H2,1-3H3,(H,20,21). The second-order valence-electron chi connectivity index (χ2n) is 5.21. The van der Waals surface area contributed by atoms with Crippen LogP contribution in [0.15, 0.2) is 30.3 Å². The molecule has 0 saturated carbocycles. The van der Waals surface area contributed by atoms with Crippen molar-refractivity contribution in [3.63, 3.8) is 0 Å². The van der Waals surface area contributed by atoms with Crippen LogP contribution in [0.5, 0.6) is 0 Å². The maximum absolute atomic E-state index is 11.4. The first-order valence-corrected chi connectivity index (χ1v) is 6.98. The summed E-state index contributed by atoms with van der Waals surface area (Å²) in [6.45, 7) is 5.01. The highest BCUT2D eigenvalue weighted by atomic mass is 16.4. The largest absolute Gasteiger partial charge is 0.481 e.